The number of imidazole rings is 2. The number of anilines is 5. The van der Waals surface area contributed by atoms with Crippen molar-refractivity contribution in [2.45, 2.75) is 26.2 Å². The van der Waals surface area contributed by atoms with Crippen LogP contribution in [-0.2, 0) is 0 Å². The fraction of sp³-hybridized carbons (Fsp3) is 0.0625. The fourth-order valence-corrected chi connectivity index (χ4v) is 9.86. The second kappa shape index (κ2) is 18.2. The van der Waals surface area contributed by atoms with Gasteiger partial charge in [-0.25, -0.2) is 9.97 Å². The van der Waals surface area contributed by atoms with Gasteiger partial charge in [-0.2, -0.15) is 0 Å². The van der Waals surface area contributed by atoms with E-state index in [1.807, 2.05) is 6.07 Å². The Morgan fingerprint density at radius 2 is 0.829 bits per heavy atom. The smallest absolute Gasteiger partial charge is 0.137 e. The maximum atomic E-state index is 5.19. The highest BCUT2D eigenvalue weighted by molar-refractivity contribution is 5.85. The molecular weight excluding hydrogens is 853 g/mol. The SMILES string of the molecule is Cc1ccc(N(C2=CCC(c3nc4ccccn4c3-c3ccccc3)C=C2)c2ccc(-c3ccc(N(c4ccc(C)cc4)c4ccc(-c5nc6ccccn6c5-c5ccccc5)cc4)cc3)cc2)cc1. The van der Waals surface area contributed by atoms with Crippen molar-refractivity contribution in [1.29, 1.82) is 0 Å². The van der Waals surface area contributed by atoms with Gasteiger partial charge in [0, 0.05) is 69.1 Å². The largest absolute Gasteiger partial charge is 0.311 e. The van der Waals surface area contributed by atoms with Crippen molar-refractivity contribution in [3.05, 3.63) is 272 Å². The van der Waals surface area contributed by atoms with E-state index in [0.717, 1.165) is 96.9 Å². The number of aryl methyl sites for hydroxylation is 2. The molecule has 0 saturated heterocycles. The lowest BCUT2D eigenvalue weighted by atomic mass is 9.92. The molecule has 0 amide bonds. The van der Waals surface area contributed by atoms with Crippen LogP contribution in [0, 0.1) is 13.8 Å². The van der Waals surface area contributed by atoms with Gasteiger partial charge in [-0.05, 0) is 122 Å². The van der Waals surface area contributed by atoms with Gasteiger partial charge in [-0.1, -0.05) is 157 Å². The van der Waals surface area contributed by atoms with E-state index < -0.39 is 0 Å². The molecule has 1 unspecified atom stereocenters. The second-order valence-corrected chi connectivity index (χ2v) is 18.1. The zero-order chi connectivity index (χ0) is 47.0. The van der Waals surface area contributed by atoms with E-state index in [9.17, 15) is 0 Å². The summed E-state index contributed by atoms with van der Waals surface area (Å²) in [5, 5.41) is 0. The summed E-state index contributed by atoms with van der Waals surface area (Å²) < 4.78 is 4.40. The maximum Gasteiger partial charge on any atom is 0.137 e. The maximum absolute atomic E-state index is 5.19. The van der Waals surface area contributed by atoms with E-state index in [4.69, 9.17) is 9.97 Å². The third-order valence-corrected chi connectivity index (χ3v) is 13.4. The number of fused-ring (bicyclic) bond motifs is 2. The van der Waals surface area contributed by atoms with Gasteiger partial charge in [0.1, 0.15) is 11.3 Å². The van der Waals surface area contributed by atoms with Crippen LogP contribution < -0.4 is 9.80 Å². The van der Waals surface area contributed by atoms with E-state index >= 15 is 0 Å². The van der Waals surface area contributed by atoms with Crippen LogP contribution in [0.4, 0.5) is 28.4 Å². The Morgan fingerprint density at radius 1 is 0.400 bits per heavy atom. The van der Waals surface area contributed by atoms with Gasteiger partial charge in [0.05, 0.1) is 22.8 Å². The lowest BCUT2D eigenvalue weighted by Gasteiger charge is -2.29. The second-order valence-electron chi connectivity index (χ2n) is 18.1. The number of nitrogens with zero attached hydrogens (tertiary/aromatic N) is 6. The molecule has 4 heterocycles. The number of hydrogen-bond acceptors (Lipinski definition) is 4. The summed E-state index contributed by atoms with van der Waals surface area (Å²) in [7, 11) is 0. The molecule has 6 nitrogen and oxygen atoms in total. The van der Waals surface area contributed by atoms with Gasteiger partial charge in [0.25, 0.3) is 0 Å². The molecule has 0 fully saturated rings. The van der Waals surface area contributed by atoms with Crippen molar-refractivity contribution in [3.63, 3.8) is 0 Å². The van der Waals surface area contributed by atoms with E-state index in [2.05, 4.69) is 275 Å². The number of benzene rings is 7. The molecule has 0 spiro atoms. The first-order valence-electron chi connectivity index (χ1n) is 24.0. The third kappa shape index (κ3) is 8.05. The zero-order valence-corrected chi connectivity index (χ0v) is 39.1. The van der Waals surface area contributed by atoms with Gasteiger partial charge < -0.3 is 9.80 Å². The van der Waals surface area contributed by atoms with Gasteiger partial charge in [-0.3, -0.25) is 8.80 Å². The average molecular weight is 903 g/mol. The summed E-state index contributed by atoms with van der Waals surface area (Å²) in [5.74, 6) is 0.140. The lowest BCUT2D eigenvalue weighted by Crippen LogP contribution is -2.17. The summed E-state index contributed by atoms with van der Waals surface area (Å²) in [5.41, 5.74) is 20.9. The average Bonchev–Trinajstić information content (AvgIpc) is 4.01. The number of aromatic nitrogens is 4. The van der Waals surface area contributed by atoms with Crippen molar-refractivity contribution in [3.8, 4) is 44.9 Å². The summed E-state index contributed by atoms with van der Waals surface area (Å²) >= 11 is 0. The van der Waals surface area contributed by atoms with Gasteiger partial charge in [0.15, 0.2) is 0 Å². The van der Waals surface area contributed by atoms with Crippen LogP contribution in [0.5, 0.6) is 0 Å². The van der Waals surface area contributed by atoms with E-state index in [0.29, 0.717) is 0 Å². The monoisotopic (exact) mass is 902 g/mol. The van der Waals surface area contributed by atoms with Crippen LogP contribution >= 0.6 is 0 Å². The highest BCUT2D eigenvalue weighted by Crippen LogP contribution is 2.41. The molecule has 1 aliphatic rings. The predicted molar refractivity (Wildman–Crippen MR) is 289 cm³/mol. The Hall–Kier alpha value is -9.00. The lowest BCUT2D eigenvalue weighted by molar-refractivity contribution is 0.816. The molecule has 0 bridgehead atoms. The van der Waals surface area contributed by atoms with Crippen molar-refractivity contribution in [2.24, 2.45) is 0 Å². The summed E-state index contributed by atoms with van der Waals surface area (Å²) in [6, 6.07) is 77.8. The molecule has 6 heteroatoms. The van der Waals surface area contributed by atoms with Gasteiger partial charge in [-0.15, -0.1) is 0 Å². The van der Waals surface area contributed by atoms with Crippen molar-refractivity contribution in [2.75, 3.05) is 9.80 Å². The van der Waals surface area contributed by atoms with Crippen molar-refractivity contribution >= 4 is 39.7 Å². The number of allylic oxidation sites excluding steroid dienone is 3. The van der Waals surface area contributed by atoms with E-state index in [-0.39, 0.29) is 5.92 Å². The van der Waals surface area contributed by atoms with E-state index in [1.54, 1.807) is 0 Å². The summed E-state index contributed by atoms with van der Waals surface area (Å²) in [4.78, 5) is 15.0. The molecular formula is C64H50N6. The summed E-state index contributed by atoms with van der Waals surface area (Å²) in [6.07, 6.45) is 12.0. The molecule has 0 saturated carbocycles. The Bertz CT molecular complexity index is 3660. The molecule has 11 aromatic rings. The quantitative estimate of drug-likeness (QED) is 0.130. The Kier molecular flexibility index (Phi) is 11.0. The number of pyridine rings is 2. The number of hydrogen-bond donors (Lipinski definition) is 0. The molecule has 1 aliphatic carbocycles. The van der Waals surface area contributed by atoms with E-state index in [1.165, 1.54) is 16.7 Å². The first kappa shape index (κ1) is 42.4. The first-order valence-corrected chi connectivity index (χ1v) is 24.0. The molecule has 0 radical (unpaired) electrons. The van der Waals surface area contributed by atoms with Crippen molar-refractivity contribution in [1.82, 2.24) is 18.8 Å². The van der Waals surface area contributed by atoms with Crippen LogP contribution in [0.1, 0.15) is 29.2 Å². The molecule has 336 valence electrons. The molecule has 0 aliphatic heterocycles. The highest BCUT2D eigenvalue weighted by Gasteiger charge is 2.24. The molecule has 4 aromatic heterocycles. The van der Waals surface area contributed by atoms with Crippen LogP contribution in [0.3, 0.4) is 0 Å². The van der Waals surface area contributed by atoms with Gasteiger partial charge in [0.2, 0.25) is 0 Å². The zero-order valence-electron chi connectivity index (χ0n) is 39.1. The highest BCUT2D eigenvalue weighted by atomic mass is 15.2. The third-order valence-electron chi connectivity index (χ3n) is 13.4. The Labute approximate surface area is 409 Å². The topological polar surface area (TPSA) is 41.1 Å². The van der Waals surface area contributed by atoms with Crippen LogP contribution in [0.15, 0.2) is 255 Å². The minimum atomic E-state index is 0.140. The number of rotatable bonds is 11. The van der Waals surface area contributed by atoms with Crippen LogP contribution in [-0.4, -0.2) is 18.8 Å². The Balaban J connectivity index is 0.833. The van der Waals surface area contributed by atoms with Gasteiger partial charge >= 0.3 is 0 Å². The van der Waals surface area contributed by atoms with Crippen molar-refractivity contribution < 1.29 is 0 Å². The Morgan fingerprint density at radius 3 is 1.33 bits per heavy atom. The predicted octanol–water partition coefficient (Wildman–Crippen LogP) is 16.5. The molecule has 70 heavy (non-hydrogen) atoms. The molecule has 12 rings (SSSR count). The van der Waals surface area contributed by atoms with Crippen LogP contribution in [0.25, 0.3) is 56.2 Å². The standard InChI is InChI=1S/C64H50N6/c1-45-19-31-53(32-20-45)69(57-39-27-49(28-40-57)61-63(51-13-5-3-6-14-51)67-43-11-9-17-59(67)65-61)55-35-23-47(24-36-55)48-25-37-56(38-26-48)70(54-33-21-46(2)22-34-54)58-41-29-50(30-42-58)62-64(52-15-7-4-8-16-52)68-44-12-10-18-60(68)66-62/h3-29,31-44,50H,30H2,1-2H3. The fourth-order valence-electron chi connectivity index (χ4n) is 9.86. The van der Waals surface area contributed by atoms with Crippen LogP contribution in [0.2, 0.25) is 0 Å². The molecule has 7 aromatic carbocycles. The molecule has 1 atom stereocenters. The minimum absolute atomic E-state index is 0.140. The molecule has 0 N–H and O–H groups in total. The summed E-state index contributed by atoms with van der Waals surface area (Å²) in [6.45, 7) is 4.27. The normalized spacial score (nSPS) is 13.4. The first-order chi connectivity index (χ1) is 34.5. The minimum Gasteiger partial charge on any atom is -0.311 e.